The Morgan fingerprint density at radius 3 is 2.30 bits per heavy atom. The molecule has 2 unspecified atom stereocenters. The van der Waals surface area contributed by atoms with Crippen molar-refractivity contribution in [1.29, 1.82) is 0 Å². The Morgan fingerprint density at radius 2 is 2.20 bits per heavy atom. The van der Waals surface area contributed by atoms with Crippen molar-refractivity contribution in [3.63, 3.8) is 0 Å². The largest absolute Gasteiger partial charge is 0.0588 e. The highest BCUT2D eigenvalue weighted by atomic mass is 14.6. The van der Waals surface area contributed by atoms with Gasteiger partial charge in [-0.15, -0.1) is 0 Å². The van der Waals surface area contributed by atoms with Crippen molar-refractivity contribution in [2.24, 2.45) is 16.7 Å². The normalized spacial score (nSPS) is 50.1. The summed E-state index contributed by atoms with van der Waals surface area (Å²) in [5, 5.41) is 0. The minimum absolute atomic E-state index is 0.104. The molecule has 2 aliphatic rings. The third kappa shape index (κ3) is 0.538. The molecule has 0 aromatic heterocycles. The monoisotopic (exact) mass is 135 g/mol. The fraction of sp³-hybridized carbons (Fsp3) is 0.700. The fourth-order valence-electron chi connectivity index (χ4n) is 2.52. The van der Waals surface area contributed by atoms with Gasteiger partial charge in [0.2, 0.25) is 0 Å². The molecule has 2 rings (SSSR count). The maximum Gasteiger partial charge on any atom is -0.0212 e. The molecule has 0 amide bonds. The number of hydrogen-bond donors (Lipinski definition) is 0. The zero-order valence-electron chi connectivity index (χ0n) is 6.69. The smallest absolute Gasteiger partial charge is 0.0212 e. The third-order valence-corrected chi connectivity index (χ3v) is 3.78. The lowest BCUT2D eigenvalue weighted by molar-refractivity contribution is 0.253. The van der Waals surface area contributed by atoms with Crippen LogP contribution in [0.25, 0.3) is 0 Å². The van der Waals surface area contributed by atoms with Gasteiger partial charge in [-0.3, -0.25) is 0 Å². The van der Waals surface area contributed by atoms with E-state index >= 15 is 0 Å². The van der Waals surface area contributed by atoms with Crippen LogP contribution in [0.2, 0.25) is 0 Å². The predicted molar refractivity (Wildman–Crippen MR) is 42.9 cm³/mol. The van der Waals surface area contributed by atoms with Crippen LogP contribution in [-0.2, 0) is 0 Å². The maximum atomic E-state index is 4.22. The highest BCUT2D eigenvalue weighted by Crippen LogP contribution is 2.64. The molecule has 0 nitrogen and oxygen atoms in total. The van der Waals surface area contributed by atoms with Crippen LogP contribution in [0.4, 0.5) is 0 Å². The molecule has 0 heteroatoms. The SMILES string of the molecule is [CH2]C1([CH2])C2C[CH]C1(C)CC2. The van der Waals surface area contributed by atoms with E-state index in [9.17, 15) is 0 Å². The van der Waals surface area contributed by atoms with Crippen LogP contribution in [0, 0.1) is 37.0 Å². The second-order valence-electron chi connectivity index (χ2n) is 4.25. The van der Waals surface area contributed by atoms with E-state index in [0.29, 0.717) is 5.41 Å². The Kier molecular flexibility index (Phi) is 1.07. The van der Waals surface area contributed by atoms with Crippen LogP contribution in [0.3, 0.4) is 0 Å². The Morgan fingerprint density at radius 1 is 1.50 bits per heavy atom. The van der Waals surface area contributed by atoms with E-state index in [1.54, 1.807) is 0 Å². The molecule has 0 heterocycles. The van der Waals surface area contributed by atoms with Gasteiger partial charge in [0.1, 0.15) is 0 Å². The molecule has 0 aromatic carbocycles. The van der Waals surface area contributed by atoms with Crippen molar-refractivity contribution in [2.75, 3.05) is 0 Å². The van der Waals surface area contributed by atoms with E-state index in [1.807, 2.05) is 0 Å². The van der Waals surface area contributed by atoms with Crippen LogP contribution >= 0.6 is 0 Å². The van der Waals surface area contributed by atoms with Gasteiger partial charge in [0, 0.05) is 0 Å². The van der Waals surface area contributed by atoms with Crippen LogP contribution < -0.4 is 0 Å². The summed E-state index contributed by atoms with van der Waals surface area (Å²) in [6, 6.07) is 0. The van der Waals surface area contributed by atoms with E-state index in [1.165, 1.54) is 19.3 Å². The molecule has 0 aromatic rings. The summed E-state index contributed by atoms with van der Waals surface area (Å²) in [5.74, 6) is 0.775. The summed E-state index contributed by atoms with van der Waals surface area (Å²) in [5.41, 5.74) is 0.463. The average molecular weight is 135 g/mol. The molecule has 2 atom stereocenters. The van der Waals surface area contributed by atoms with Gasteiger partial charge in [0.15, 0.2) is 0 Å². The summed E-state index contributed by atoms with van der Waals surface area (Å²) >= 11 is 0. The first-order valence-corrected chi connectivity index (χ1v) is 4.11. The molecule has 2 fully saturated rings. The van der Waals surface area contributed by atoms with Gasteiger partial charge in [-0.05, 0) is 56.3 Å². The average Bonchev–Trinajstić information content (AvgIpc) is 2.18. The van der Waals surface area contributed by atoms with E-state index in [0.717, 1.165) is 5.92 Å². The molecule has 0 N–H and O–H groups in total. The minimum Gasteiger partial charge on any atom is -0.0588 e. The topological polar surface area (TPSA) is 0 Å². The number of hydrogen-bond acceptors (Lipinski definition) is 0. The molecule has 10 heavy (non-hydrogen) atoms. The van der Waals surface area contributed by atoms with Gasteiger partial charge in [-0.1, -0.05) is 6.92 Å². The molecule has 0 saturated heterocycles. The first kappa shape index (κ1) is 6.69. The highest BCUT2D eigenvalue weighted by Gasteiger charge is 2.56. The molecule has 0 aliphatic heterocycles. The summed E-state index contributed by atoms with van der Waals surface area (Å²) in [7, 11) is 0. The van der Waals surface area contributed by atoms with E-state index in [2.05, 4.69) is 27.2 Å². The van der Waals surface area contributed by atoms with E-state index < -0.39 is 0 Å². The van der Waals surface area contributed by atoms with Gasteiger partial charge >= 0.3 is 0 Å². The lowest BCUT2D eigenvalue weighted by Gasteiger charge is -2.33. The summed E-state index contributed by atoms with van der Waals surface area (Å²) < 4.78 is 0. The van der Waals surface area contributed by atoms with Gasteiger partial charge in [-0.25, -0.2) is 0 Å². The molecule has 3 radical (unpaired) electrons. The van der Waals surface area contributed by atoms with Crippen LogP contribution in [-0.4, -0.2) is 0 Å². The Bertz CT molecular complexity index is 145. The van der Waals surface area contributed by atoms with Crippen LogP contribution in [0.15, 0.2) is 0 Å². The first-order chi connectivity index (χ1) is 4.56. The van der Waals surface area contributed by atoms with Crippen molar-refractivity contribution in [3.05, 3.63) is 20.3 Å². The Labute approximate surface area is 64.0 Å². The molecule has 2 saturated carbocycles. The van der Waals surface area contributed by atoms with Gasteiger partial charge < -0.3 is 0 Å². The standard InChI is InChI=1S/C10H15/c1-9(2)8-4-6-10(9,3)7-5-8/h6,8H,1-2,4-5,7H2,3H3. The quantitative estimate of drug-likeness (QED) is 0.479. The van der Waals surface area contributed by atoms with Crippen molar-refractivity contribution >= 4 is 0 Å². The van der Waals surface area contributed by atoms with Crippen LogP contribution in [0.5, 0.6) is 0 Å². The zero-order valence-corrected chi connectivity index (χ0v) is 6.69. The summed E-state index contributed by atoms with van der Waals surface area (Å²) in [4.78, 5) is 0. The Hall–Kier alpha value is 0. The molecule has 55 valence electrons. The fourth-order valence-corrected chi connectivity index (χ4v) is 2.52. The van der Waals surface area contributed by atoms with Crippen molar-refractivity contribution < 1.29 is 0 Å². The van der Waals surface area contributed by atoms with Crippen LogP contribution in [0.1, 0.15) is 26.2 Å². The first-order valence-electron chi connectivity index (χ1n) is 4.11. The summed E-state index contributed by atoms with van der Waals surface area (Å²) in [6.07, 6.45) is 6.34. The predicted octanol–water partition coefficient (Wildman–Crippen LogP) is 2.67. The maximum absolute atomic E-state index is 4.22. The minimum atomic E-state index is 0.104. The van der Waals surface area contributed by atoms with Crippen molar-refractivity contribution in [1.82, 2.24) is 0 Å². The summed E-state index contributed by atoms with van der Waals surface area (Å²) in [6.45, 7) is 10.8. The van der Waals surface area contributed by atoms with Gasteiger partial charge in [0.05, 0.1) is 0 Å². The van der Waals surface area contributed by atoms with E-state index in [4.69, 9.17) is 0 Å². The number of fused-ring (bicyclic) bond motifs is 2. The molecular formula is C10H15. The lowest BCUT2D eigenvalue weighted by Crippen LogP contribution is -2.27. The van der Waals surface area contributed by atoms with E-state index in [-0.39, 0.29) is 5.41 Å². The van der Waals surface area contributed by atoms with Gasteiger partial charge in [-0.2, -0.15) is 0 Å². The second kappa shape index (κ2) is 1.60. The molecule has 2 aliphatic carbocycles. The van der Waals surface area contributed by atoms with Crippen molar-refractivity contribution in [3.8, 4) is 0 Å². The second-order valence-corrected chi connectivity index (χ2v) is 4.25. The molecular weight excluding hydrogens is 120 g/mol. The highest BCUT2D eigenvalue weighted by molar-refractivity contribution is 5.20. The molecule has 2 bridgehead atoms. The molecule has 0 spiro atoms. The number of rotatable bonds is 0. The zero-order chi connectivity index (χ0) is 7.41. The van der Waals surface area contributed by atoms with Gasteiger partial charge in [0.25, 0.3) is 0 Å². The lowest BCUT2D eigenvalue weighted by atomic mass is 9.71. The Balaban J connectivity index is 2.37. The third-order valence-electron chi connectivity index (χ3n) is 3.78. The van der Waals surface area contributed by atoms with Crippen molar-refractivity contribution in [2.45, 2.75) is 26.2 Å².